The number of ether oxygens (including phenoxy) is 2. The van der Waals surface area contributed by atoms with Gasteiger partial charge in [0.05, 0.1) is 31.6 Å². The summed E-state index contributed by atoms with van der Waals surface area (Å²) in [6, 6.07) is 8.07. The highest BCUT2D eigenvalue weighted by molar-refractivity contribution is 5.93. The molecule has 1 aromatic carbocycles. The molecule has 0 unspecified atom stereocenters. The fourth-order valence-electron chi connectivity index (χ4n) is 3.58. The lowest BCUT2D eigenvalue weighted by molar-refractivity contribution is 0.0302. The van der Waals surface area contributed by atoms with Crippen molar-refractivity contribution in [1.29, 1.82) is 0 Å². The number of nitrogens with zero attached hydrogens (tertiary/aromatic N) is 5. The minimum Gasteiger partial charge on any atom is -0.495 e. The van der Waals surface area contributed by atoms with Crippen LogP contribution in [0, 0.1) is 0 Å². The molecule has 1 amide bonds. The third kappa shape index (κ3) is 3.87. The molecule has 4 rings (SSSR count). The van der Waals surface area contributed by atoms with Crippen LogP contribution in [0.25, 0.3) is 0 Å². The predicted molar refractivity (Wildman–Crippen MR) is 106 cm³/mol. The number of rotatable bonds is 4. The number of amides is 1. The molecule has 8 heteroatoms. The summed E-state index contributed by atoms with van der Waals surface area (Å²) in [6.07, 6.45) is 3.26. The minimum absolute atomic E-state index is 0.0316. The number of benzene rings is 1. The molecule has 0 radical (unpaired) electrons. The second-order valence-corrected chi connectivity index (χ2v) is 6.82. The standard InChI is InChI=1S/C20H25N5O3/c1-27-18-5-3-2-4-17(18)23-6-8-25(9-7-23)20-21-14-16(15-22-20)19(26)24-10-12-28-13-11-24/h2-5,14-15H,6-13H2,1H3. The van der Waals surface area contributed by atoms with Gasteiger partial charge in [-0.1, -0.05) is 12.1 Å². The molecule has 2 aromatic rings. The number of anilines is 2. The Balaban J connectivity index is 1.37. The summed E-state index contributed by atoms with van der Waals surface area (Å²) in [7, 11) is 1.70. The average Bonchev–Trinajstić information content (AvgIpc) is 2.79. The first kappa shape index (κ1) is 18.5. The van der Waals surface area contributed by atoms with E-state index in [0.29, 0.717) is 37.8 Å². The Bertz CT molecular complexity index is 800. The van der Waals surface area contributed by atoms with E-state index in [2.05, 4.69) is 25.8 Å². The van der Waals surface area contributed by atoms with Crippen LogP contribution in [0.3, 0.4) is 0 Å². The van der Waals surface area contributed by atoms with Gasteiger partial charge in [-0.05, 0) is 12.1 Å². The highest BCUT2D eigenvalue weighted by Gasteiger charge is 2.23. The fourth-order valence-corrected chi connectivity index (χ4v) is 3.58. The van der Waals surface area contributed by atoms with Crippen molar-refractivity contribution in [2.75, 3.05) is 69.4 Å². The van der Waals surface area contributed by atoms with Gasteiger partial charge in [-0.3, -0.25) is 4.79 Å². The van der Waals surface area contributed by atoms with Crippen molar-refractivity contribution in [2.24, 2.45) is 0 Å². The van der Waals surface area contributed by atoms with Gasteiger partial charge in [0.2, 0.25) is 5.95 Å². The average molecular weight is 383 g/mol. The highest BCUT2D eigenvalue weighted by atomic mass is 16.5. The number of carbonyl (C=O) groups excluding carboxylic acids is 1. The van der Waals surface area contributed by atoms with Crippen molar-refractivity contribution in [3.8, 4) is 5.75 Å². The van der Waals surface area contributed by atoms with Crippen molar-refractivity contribution in [3.05, 3.63) is 42.2 Å². The number of aromatic nitrogens is 2. The third-order valence-corrected chi connectivity index (χ3v) is 5.17. The molecular formula is C20H25N5O3. The molecule has 148 valence electrons. The van der Waals surface area contributed by atoms with E-state index >= 15 is 0 Å². The van der Waals surface area contributed by atoms with Crippen molar-refractivity contribution >= 4 is 17.5 Å². The van der Waals surface area contributed by atoms with E-state index in [-0.39, 0.29) is 5.91 Å². The van der Waals surface area contributed by atoms with Crippen molar-refractivity contribution in [2.45, 2.75) is 0 Å². The minimum atomic E-state index is -0.0316. The van der Waals surface area contributed by atoms with Gasteiger partial charge in [0.15, 0.2) is 0 Å². The Morgan fingerprint density at radius 3 is 2.29 bits per heavy atom. The second kappa shape index (κ2) is 8.43. The lowest BCUT2D eigenvalue weighted by atomic mass is 10.2. The van der Waals surface area contributed by atoms with E-state index in [9.17, 15) is 4.79 Å². The van der Waals surface area contributed by atoms with Crippen LogP contribution in [-0.2, 0) is 4.74 Å². The van der Waals surface area contributed by atoms with E-state index in [1.54, 1.807) is 24.4 Å². The largest absolute Gasteiger partial charge is 0.495 e. The number of carbonyl (C=O) groups is 1. The van der Waals surface area contributed by atoms with Gasteiger partial charge in [-0.2, -0.15) is 0 Å². The van der Waals surface area contributed by atoms with Crippen LogP contribution in [0.5, 0.6) is 5.75 Å². The maximum absolute atomic E-state index is 12.5. The molecule has 3 heterocycles. The Kier molecular flexibility index (Phi) is 5.57. The molecule has 0 saturated carbocycles. The monoisotopic (exact) mass is 383 g/mol. The maximum atomic E-state index is 12.5. The molecule has 0 spiro atoms. The third-order valence-electron chi connectivity index (χ3n) is 5.17. The van der Waals surface area contributed by atoms with Crippen LogP contribution < -0.4 is 14.5 Å². The number of hydrogen-bond acceptors (Lipinski definition) is 7. The molecule has 2 saturated heterocycles. The van der Waals surface area contributed by atoms with E-state index < -0.39 is 0 Å². The summed E-state index contributed by atoms with van der Waals surface area (Å²) in [6.45, 7) is 5.75. The number of methoxy groups -OCH3 is 1. The zero-order valence-electron chi connectivity index (χ0n) is 16.1. The van der Waals surface area contributed by atoms with Gasteiger partial charge in [-0.15, -0.1) is 0 Å². The summed E-state index contributed by atoms with van der Waals surface area (Å²) in [5.41, 5.74) is 1.63. The lowest BCUT2D eigenvalue weighted by Crippen LogP contribution is -2.47. The van der Waals surface area contributed by atoms with E-state index in [4.69, 9.17) is 9.47 Å². The molecule has 1 aromatic heterocycles. The normalized spacial score (nSPS) is 17.5. The Morgan fingerprint density at radius 2 is 1.61 bits per heavy atom. The first-order chi connectivity index (χ1) is 13.8. The van der Waals surface area contributed by atoms with Gasteiger partial charge < -0.3 is 24.2 Å². The topological polar surface area (TPSA) is 71.0 Å². The van der Waals surface area contributed by atoms with Gasteiger partial charge >= 0.3 is 0 Å². The fraction of sp³-hybridized carbons (Fsp3) is 0.450. The summed E-state index contributed by atoms with van der Waals surface area (Å²) >= 11 is 0. The lowest BCUT2D eigenvalue weighted by Gasteiger charge is -2.36. The molecule has 0 N–H and O–H groups in total. The number of hydrogen-bond donors (Lipinski definition) is 0. The van der Waals surface area contributed by atoms with Crippen molar-refractivity contribution in [1.82, 2.24) is 14.9 Å². The summed E-state index contributed by atoms with van der Waals surface area (Å²) in [5, 5.41) is 0. The van der Waals surface area contributed by atoms with Crippen molar-refractivity contribution in [3.63, 3.8) is 0 Å². The molecule has 2 fully saturated rings. The van der Waals surface area contributed by atoms with Crippen LogP contribution in [-0.4, -0.2) is 80.4 Å². The van der Waals surface area contributed by atoms with Crippen LogP contribution in [0.4, 0.5) is 11.6 Å². The van der Waals surface area contributed by atoms with E-state index in [1.165, 1.54) is 0 Å². The van der Waals surface area contributed by atoms with E-state index in [0.717, 1.165) is 37.6 Å². The maximum Gasteiger partial charge on any atom is 0.257 e. The number of morpholine rings is 1. The van der Waals surface area contributed by atoms with Gasteiger partial charge in [-0.25, -0.2) is 9.97 Å². The van der Waals surface area contributed by atoms with Crippen molar-refractivity contribution < 1.29 is 14.3 Å². The molecule has 8 nitrogen and oxygen atoms in total. The zero-order chi connectivity index (χ0) is 19.3. The van der Waals surface area contributed by atoms with Crippen LogP contribution in [0.1, 0.15) is 10.4 Å². The first-order valence-electron chi connectivity index (χ1n) is 9.58. The SMILES string of the molecule is COc1ccccc1N1CCN(c2ncc(C(=O)N3CCOCC3)cn2)CC1. The zero-order valence-corrected chi connectivity index (χ0v) is 16.1. The number of para-hydroxylation sites is 2. The van der Waals surface area contributed by atoms with Crippen LogP contribution >= 0.6 is 0 Å². The van der Waals surface area contributed by atoms with Crippen LogP contribution in [0.2, 0.25) is 0 Å². The molecular weight excluding hydrogens is 358 g/mol. The first-order valence-corrected chi connectivity index (χ1v) is 9.58. The molecule has 2 aliphatic heterocycles. The molecule has 0 bridgehead atoms. The highest BCUT2D eigenvalue weighted by Crippen LogP contribution is 2.28. The summed E-state index contributed by atoms with van der Waals surface area (Å²) in [5.74, 6) is 1.52. The smallest absolute Gasteiger partial charge is 0.257 e. The molecule has 2 aliphatic rings. The Hall–Kier alpha value is -2.87. The molecule has 0 aliphatic carbocycles. The predicted octanol–water partition coefficient (Wildman–Crippen LogP) is 1.28. The van der Waals surface area contributed by atoms with Gasteiger partial charge in [0, 0.05) is 51.7 Å². The number of piperazine rings is 1. The Morgan fingerprint density at radius 1 is 0.964 bits per heavy atom. The summed E-state index contributed by atoms with van der Waals surface area (Å²) in [4.78, 5) is 27.6. The van der Waals surface area contributed by atoms with Gasteiger partial charge in [0.1, 0.15) is 5.75 Å². The Labute approximate surface area is 164 Å². The quantitative estimate of drug-likeness (QED) is 0.788. The second-order valence-electron chi connectivity index (χ2n) is 6.82. The summed E-state index contributed by atoms with van der Waals surface area (Å²) < 4.78 is 10.8. The van der Waals surface area contributed by atoms with Crippen LogP contribution in [0.15, 0.2) is 36.7 Å². The van der Waals surface area contributed by atoms with E-state index in [1.807, 2.05) is 18.2 Å². The van der Waals surface area contributed by atoms with Gasteiger partial charge in [0.25, 0.3) is 5.91 Å². The molecule has 0 atom stereocenters. The molecule has 28 heavy (non-hydrogen) atoms.